The molecule has 0 amide bonds. The summed E-state index contributed by atoms with van der Waals surface area (Å²) in [5.41, 5.74) is 0. The Kier molecular flexibility index (Phi) is 9.24. The van der Waals surface area contributed by atoms with Crippen molar-refractivity contribution in [3.8, 4) is 0 Å². The highest BCUT2D eigenvalue weighted by Crippen LogP contribution is 2.66. The minimum atomic E-state index is -9.15. The molecule has 0 saturated heterocycles. The van der Waals surface area contributed by atoms with Gasteiger partial charge in [-0.05, 0) is 6.42 Å². The van der Waals surface area contributed by atoms with Crippen molar-refractivity contribution < 1.29 is 95.3 Å². The van der Waals surface area contributed by atoms with Gasteiger partial charge in [0, 0.05) is 6.42 Å². The molecule has 23 heteroatoms. The van der Waals surface area contributed by atoms with Crippen LogP contribution in [0.3, 0.4) is 0 Å². The molecule has 0 rings (SSSR count). The Morgan fingerprint density at radius 3 is 0.889 bits per heavy atom. The molecule has 0 aromatic rings. The van der Waals surface area contributed by atoms with Crippen LogP contribution in [0.1, 0.15) is 12.8 Å². The van der Waals surface area contributed by atoms with Crippen LogP contribution < -0.4 is 0 Å². The Morgan fingerprint density at radius 1 is 0.389 bits per heavy atom. The second-order valence-corrected chi connectivity index (χ2v) is 7.34. The second-order valence-electron chi connectivity index (χ2n) is 6.71. The molecule has 218 valence electrons. The molecule has 0 saturated carbocycles. The molecule has 0 aliphatic heterocycles. The molecule has 0 spiro atoms. The third-order valence-corrected chi connectivity index (χ3v) is 4.73. The molecule has 1 nitrogen and oxygen atoms in total. The van der Waals surface area contributed by atoms with Crippen LogP contribution in [0.15, 0.2) is 0 Å². The fourth-order valence-electron chi connectivity index (χ4n) is 2.10. The zero-order valence-electron chi connectivity index (χ0n) is 15.8. The van der Waals surface area contributed by atoms with Crippen molar-refractivity contribution >= 4 is 23.0 Å². The van der Waals surface area contributed by atoms with Crippen LogP contribution in [0.5, 0.6) is 0 Å². The lowest BCUT2D eigenvalue weighted by molar-refractivity contribution is -0.474. The van der Waals surface area contributed by atoms with Crippen molar-refractivity contribution in [2.75, 3.05) is 6.61 Å². The first-order valence-electron chi connectivity index (χ1n) is 8.02. The lowest BCUT2D eigenvalue weighted by atomic mass is 9.85. The Labute approximate surface area is 198 Å². The number of hydrogen-bond donors (Lipinski definition) is 0. The maximum Gasteiger partial charge on any atom is 0.460 e. The third kappa shape index (κ3) is 4.64. The van der Waals surface area contributed by atoms with Crippen LogP contribution in [0.25, 0.3) is 0 Å². The smallest absolute Gasteiger partial charge is 0.316 e. The summed E-state index contributed by atoms with van der Waals surface area (Å²) in [7, 11) is 0. The second kappa shape index (κ2) is 9.45. The Bertz CT molecular complexity index is 768. The van der Waals surface area contributed by atoms with Gasteiger partial charge in [-0.1, -0.05) is 0 Å². The predicted octanol–water partition coefficient (Wildman–Crippen LogP) is 8.41. The predicted molar refractivity (Wildman–Crippen MR) is 79.8 cm³/mol. The Hall–Kier alpha value is -0.780. The van der Waals surface area contributed by atoms with E-state index in [2.05, 4.69) is 3.07 Å². The van der Waals surface area contributed by atoms with Gasteiger partial charge in [0.15, 0.2) is 0 Å². The van der Waals surface area contributed by atoms with E-state index >= 15 is 0 Å². The van der Waals surface area contributed by atoms with E-state index in [4.69, 9.17) is 0 Å². The van der Waals surface area contributed by atoms with Gasteiger partial charge in [-0.25, -0.2) is 0 Å². The van der Waals surface area contributed by atoms with Gasteiger partial charge in [0.25, 0.3) is 0 Å². The molecule has 0 unspecified atom stereocenters. The SMILES string of the molecule is FC(F)(F)C(F)(F)C(F)(F)C(F)(F)C(F)(F)C(F)(F)C(F)(F)C(F)(F)C(F)(F)C(F)(F)CCCOI. The van der Waals surface area contributed by atoms with E-state index in [1.54, 1.807) is 0 Å². The summed E-state index contributed by atoms with van der Waals surface area (Å²) < 4.78 is 279. The summed E-state index contributed by atoms with van der Waals surface area (Å²) in [6.07, 6.45) is -12.1. The van der Waals surface area contributed by atoms with E-state index < -0.39 is 78.9 Å². The standard InChI is InChI=1S/C13H6F21IO/c14-4(15,2-1-3-36-35)5(16,17)6(18,19)7(20,21)8(22,23)9(24,25)10(26,27)11(28,29)12(30,31)13(32,33)34/h1-3H2. The third-order valence-electron chi connectivity index (χ3n) is 4.29. The zero-order valence-corrected chi connectivity index (χ0v) is 18.0. The normalized spacial score (nSPS) is 16.5. The van der Waals surface area contributed by atoms with Gasteiger partial charge in [-0.2, -0.15) is 92.2 Å². The molecule has 0 radical (unpaired) electrons. The Morgan fingerprint density at radius 2 is 0.639 bits per heavy atom. The molecular formula is C13H6F21IO. The molecule has 36 heavy (non-hydrogen) atoms. The van der Waals surface area contributed by atoms with E-state index in [0.29, 0.717) is 0 Å². The summed E-state index contributed by atoms with van der Waals surface area (Å²) in [5.74, 6) is -76.5. The van der Waals surface area contributed by atoms with Gasteiger partial charge in [0.2, 0.25) is 0 Å². The number of rotatable bonds is 12. The molecule has 0 fully saturated rings. The van der Waals surface area contributed by atoms with Gasteiger partial charge in [0.05, 0.1) is 6.61 Å². The maximum absolute atomic E-state index is 13.5. The van der Waals surface area contributed by atoms with E-state index in [1.807, 2.05) is 0 Å². The molecule has 0 atom stereocenters. The molecule has 0 heterocycles. The maximum atomic E-state index is 13.5. The number of halogens is 22. The van der Waals surface area contributed by atoms with Gasteiger partial charge >= 0.3 is 59.5 Å². The average molecular weight is 704 g/mol. The van der Waals surface area contributed by atoms with Crippen LogP contribution in [0, 0.1) is 0 Å². The van der Waals surface area contributed by atoms with Crippen molar-refractivity contribution in [1.29, 1.82) is 0 Å². The molecular weight excluding hydrogens is 698 g/mol. The monoisotopic (exact) mass is 704 g/mol. The molecule has 0 bridgehead atoms. The molecule has 0 aliphatic carbocycles. The highest BCUT2D eigenvalue weighted by Gasteiger charge is 2.97. The lowest BCUT2D eigenvalue weighted by Gasteiger charge is -2.44. The van der Waals surface area contributed by atoms with Crippen molar-refractivity contribution in [1.82, 2.24) is 0 Å². The lowest BCUT2D eigenvalue weighted by Crippen LogP contribution is -2.76. The highest BCUT2D eigenvalue weighted by molar-refractivity contribution is 14.1. The summed E-state index contributed by atoms with van der Waals surface area (Å²) in [4.78, 5) is 0. The quantitative estimate of drug-likeness (QED) is 0.113. The average Bonchev–Trinajstić information content (AvgIpc) is 2.65. The number of alkyl halides is 21. The van der Waals surface area contributed by atoms with Crippen LogP contribution in [0.2, 0.25) is 0 Å². The van der Waals surface area contributed by atoms with Crippen molar-refractivity contribution in [3.05, 3.63) is 0 Å². The van der Waals surface area contributed by atoms with Crippen molar-refractivity contribution in [2.45, 2.75) is 72.3 Å². The molecule has 0 aliphatic rings. The molecule has 0 N–H and O–H groups in total. The fraction of sp³-hybridized carbons (Fsp3) is 1.00. The summed E-state index contributed by atoms with van der Waals surface area (Å²) in [6, 6.07) is 0. The van der Waals surface area contributed by atoms with Crippen LogP contribution >= 0.6 is 23.0 Å². The van der Waals surface area contributed by atoms with Crippen molar-refractivity contribution in [2.24, 2.45) is 0 Å². The van der Waals surface area contributed by atoms with Gasteiger partial charge in [-0.15, -0.1) is 0 Å². The summed E-state index contributed by atoms with van der Waals surface area (Å²) in [6.45, 7) is -1.03. The van der Waals surface area contributed by atoms with Gasteiger partial charge < -0.3 is 3.07 Å². The van der Waals surface area contributed by atoms with E-state index in [9.17, 15) is 92.2 Å². The van der Waals surface area contributed by atoms with Crippen LogP contribution in [0.4, 0.5) is 92.2 Å². The highest BCUT2D eigenvalue weighted by atomic mass is 127. The van der Waals surface area contributed by atoms with Gasteiger partial charge in [-0.3, -0.25) is 0 Å². The molecule has 0 aromatic carbocycles. The summed E-state index contributed by atoms with van der Waals surface area (Å²) in [5, 5.41) is 0. The first-order valence-corrected chi connectivity index (χ1v) is 8.90. The van der Waals surface area contributed by atoms with E-state index in [0.717, 1.165) is 23.0 Å². The van der Waals surface area contributed by atoms with Crippen LogP contribution in [-0.4, -0.2) is 66.1 Å². The first kappa shape index (κ1) is 35.2. The first-order chi connectivity index (χ1) is 15.3. The Balaban J connectivity index is 6.89. The fourth-order valence-corrected chi connectivity index (χ4v) is 2.41. The number of hydrogen-bond acceptors (Lipinski definition) is 1. The minimum Gasteiger partial charge on any atom is -0.316 e. The van der Waals surface area contributed by atoms with E-state index in [1.165, 1.54) is 0 Å². The zero-order chi connectivity index (χ0) is 29.8. The molecule has 0 aromatic heterocycles. The van der Waals surface area contributed by atoms with Crippen molar-refractivity contribution in [3.63, 3.8) is 0 Å². The largest absolute Gasteiger partial charge is 0.460 e. The topological polar surface area (TPSA) is 9.23 Å². The van der Waals surface area contributed by atoms with E-state index in [-0.39, 0.29) is 0 Å². The van der Waals surface area contributed by atoms with Gasteiger partial charge in [0.1, 0.15) is 23.0 Å². The minimum absolute atomic E-state index is 0.893. The van der Waals surface area contributed by atoms with Crippen LogP contribution in [-0.2, 0) is 3.07 Å². The summed E-state index contributed by atoms with van der Waals surface area (Å²) >= 11 is 0.893.